The smallest absolute Gasteiger partial charge is 0.303 e. The Labute approximate surface area is 167 Å². The van der Waals surface area contributed by atoms with Crippen molar-refractivity contribution in [3.8, 4) is 0 Å². The average molecular weight is 389 g/mol. The molecule has 4 aliphatic rings. The molecule has 5 heteroatoms. The zero-order valence-corrected chi connectivity index (χ0v) is 17.5. The molecule has 0 aromatic heterocycles. The number of esters is 2. The molecule has 7 unspecified atom stereocenters. The second kappa shape index (κ2) is 6.70. The van der Waals surface area contributed by atoms with Crippen molar-refractivity contribution in [3.63, 3.8) is 0 Å². The Kier molecular flexibility index (Phi) is 4.71. The Morgan fingerprint density at radius 1 is 1.00 bits per heavy atom. The molecule has 4 aliphatic carbocycles. The van der Waals surface area contributed by atoms with Crippen LogP contribution in [0.1, 0.15) is 72.6 Å². The second-order valence-corrected chi connectivity index (χ2v) is 9.89. The topological polar surface area (TPSA) is 69.7 Å². The largest absolute Gasteiger partial charge is 0.462 e. The molecule has 0 radical (unpaired) electrons. The molecule has 5 nitrogen and oxygen atoms in total. The highest BCUT2D eigenvalue weighted by Crippen LogP contribution is 2.64. The molecule has 4 rings (SSSR count). The van der Waals surface area contributed by atoms with E-state index in [2.05, 4.69) is 19.9 Å². The van der Waals surface area contributed by atoms with Gasteiger partial charge in [0.05, 0.1) is 0 Å². The summed E-state index contributed by atoms with van der Waals surface area (Å²) in [5, 5.41) is 0. The minimum atomic E-state index is -0.566. The van der Waals surface area contributed by atoms with E-state index >= 15 is 0 Å². The van der Waals surface area contributed by atoms with E-state index in [0.29, 0.717) is 18.3 Å². The van der Waals surface area contributed by atoms with Crippen LogP contribution in [0.2, 0.25) is 0 Å². The molecule has 0 aromatic rings. The maximum atomic E-state index is 13.0. The third-order valence-electron chi connectivity index (χ3n) is 8.41. The Bertz CT molecular complexity index is 739. The number of carbonyl (C=O) groups is 3. The highest BCUT2D eigenvalue weighted by Gasteiger charge is 2.62. The molecule has 28 heavy (non-hydrogen) atoms. The van der Waals surface area contributed by atoms with Crippen molar-refractivity contribution in [1.29, 1.82) is 0 Å². The number of ketones is 1. The zero-order valence-electron chi connectivity index (χ0n) is 17.5. The average Bonchev–Trinajstić information content (AvgIpc) is 2.86. The lowest BCUT2D eigenvalue weighted by molar-refractivity contribution is -0.153. The van der Waals surface area contributed by atoms with Gasteiger partial charge in [0.25, 0.3) is 0 Å². The van der Waals surface area contributed by atoms with Crippen LogP contribution in [-0.2, 0) is 23.9 Å². The number of rotatable bonds is 2. The number of Topliss-reactive ketones (excluding diaryl/α,β-unsaturated/α-hetero) is 1. The summed E-state index contributed by atoms with van der Waals surface area (Å²) < 4.78 is 10.9. The van der Waals surface area contributed by atoms with E-state index in [1.165, 1.54) is 19.4 Å². The Balaban J connectivity index is 1.58. The van der Waals surface area contributed by atoms with Gasteiger partial charge in [0.2, 0.25) is 0 Å². The molecule has 154 valence electrons. The minimum Gasteiger partial charge on any atom is -0.462 e. The lowest BCUT2D eigenvalue weighted by Crippen LogP contribution is -2.50. The van der Waals surface area contributed by atoms with E-state index in [4.69, 9.17) is 9.47 Å². The van der Waals surface area contributed by atoms with Crippen molar-refractivity contribution in [2.45, 2.75) is 84.8 Å². The van der Waals surface area contributed by atoms with Gasteiger partial charge >= 0.3 is 11.9 Å². The lowest BCUT2D eigenvalue weighted by Gasteiger charge is -2.56. The highest BCUT2D eigenvalue weighted by molar-refractivity contribution is 5.92. The summed E-state index contributed by atoms with van der Waals surface area (Å²) >= 11 is 0. The first-order chi connectivity index (χ1) is 13.1. The first-order valence-corrected chi connectivity index (χ1v) is 10.7. The predicted molar refractivity (Wildman–Crippen MR) is 103 cm³/mol. The monoisotopic (exact) mass is 388 g/mol. The third-order valence-corrected chi connectivity index (χ3v) is 8.41. The van der Waals surface area contributed by atoms with Crippen LogP contribution in [0.4, 0.5) is 0 Å². The van der Waals surface area contributed by atoms with Crippen molar-refractivity contribution in [2.24, 2.45) is 28.6 Å². The molecule has 3 fully saturated rings. The van der Waals surface area contributed by atoms with Crippen molar-refractivity contribution >= 4 is 17.7 Å². The van der Waals surface area contributed by atoms with E-state index in [9.17, 15) is 14.4 Å². The summed E-state index contributed by atoms with van der Waals surface area (Å²) in [5.74, 6) is 0.861. The van der Waals surface area contributed by atoms with Gasteiger partial charge in [-0.25, -0.2) is 0 Å². The van der Waals surface area contributed by atoms with Gasteiger partial charge in [-0.2, -0.15) is 0 Å². The zero-order chi connectivity index (χ0) is 20.3. The molecular formula is C23H32O5. The lowest BCUT2D eigenvalue weighted by atomic mass is 9.48. The van der Waals surface area contributed by atoms with Gasteiger partial charge in [-0.3, -0.25) is 14.4 Å². The van der Waals surface area contributed by atoms with Crippen molar-refractivity contribution in [2.75, 3.05) is 0 Å². The first-order valence-electron chi connectivity index (χ1n) is 10.7. The first kappa shape index (κ1) is 19.7. The van der Waals surface area contributed by atoms with E-state index in [1.807, 2.05) is 0 Å². The summed E-state index contributed by atoms with van der Waals surface area (Å²) in [6.45, 7) is 7.35. The normalized spacial score (nSPS) is 44.6. The van der Waals surface area contributed by atoms with Gasteiger partial charge in [-0.1, -0.05) is 25.5 Å². The summed E-state index contributed by atoms with van der Waals surface area (Å²) in [5.41, 5.74) is 1.21. The molecule has 0 saturated heterocycles. The summed E-state index contributed by atoms with van der Waals surface area (Å²) in [6, 6.07) is 0. The van der Waals surface area contributed by atoms with Crippen LogP contribution < -0.4 is 0 Å². The van der Waals surface area contributed by atoms with E-state index < -0.39 is 6.10 Å². The van der Waals surface area contributed by atoms with E-state index in [0.717, 1.165) is 38.5 Å². The van der Waals surface area contributed by atoms with Gasteiger partial charge in [0, 0.05) is 25.7 Å². The standard InChI is InChI=1S/C23H32O5/c1-13(24)27-16-7-9-22(3)15(11-16)5-6-17-18(22)8-10-23(4)19(17)12-20(21(23)26)28-14(2)25/h5,16-20H,6-12H2,1-4H3. The van der Waals surface area contributed by atoms with Gasteiger partial charge in [0.1, 0.15) is 6.10 Å². The molecule has 7 atom stereocenters. The van der Waals surface area contributed by atoms with Gasteiger partial charge in [-0.15, -0.1) is 0 Å². The van der Waals surface area contributed by atoms with Crippen LogP contribution in [0.25, 0.3) is 0 Å². The molecule has 0 heterocycles. The molecular weight excluding hydrogens is 356 g/mol. The van der Waals surface area contributed by atoms with Crippen LogP contribution in [0.3, 0.4) is 0 Å². The van der Waals surface area contributed by atoms with E-state index in [-0.39, 0.29) is 40.6 Å². The van der Waals surface area contributed by atoms with Crippen LogP contribution >= 0.6 is 0 Å². The number of carbonyl (C=O) groups excluding carboxylic acids is 3. The Morgan fingerprint density at radius 2 is 1.68 bits per heavy atom. The quantitative estimate of drug-likeness (QED) is 0.528. The van der Waals surface area contributed by atoms with Crippen LogP contribution in [0, 0.1) is 28.6 Å². The fraction of sp³-hybridized carbons (Fsp3) is 0.783. The Hall–Kier alpha value is -1.65. The van der Waals surface area contributed by atoms with Crippen LogP contribution in [0.15, 0.2) is 11.6 Å². The molecule has 0 amide bonds. The summed E-state index contributed by atoms with van der Waals surface area (Å²) in [7, 11) is 0. The maximum absolute atomic E-state index is 13.0. The molecule has 3 saturated carbocycles. The second-order valence-electron chi connectivity index (χ2n) is 9.89. The molecule has 0 N–H and O–H groups in total. The molecule has 0 spiro atoms. The number of fused-ring (bicyclic) bond motifs is 5. The van der Waals surface area contributed by atoms with Gasteiger partial charge < -0.3 is 9.47 Å². The van der Waals surface area contributed by atoms with Crippen molar-refractivity contribution in [3.05, 3.63) is 11.6 Å². The number of allylic oxidation sites excluding steroid dienone is 1. The fourth-order valence-electron chi connectivity index (χ4n) is 7.03. The SMILES string of the molecule is CC(=O)OC1CCC2(C)C(=CCC3C4CC(OC(C)=O)C(=O)C4(C)CCC32)C1. The minimum absolute atomic E-state index is 0.00337. The molecule has 0 bridgehead atoms. The fourth-order valence-corrected chi connectivity index (χ4v) is 7.03. The van der Waals surface area contributed by atoms with Crippen molar-refractivity contribution < 1.29 is 23.9 Å². The predicted octanol–water partition coefficient (Wildman–Crippen LogP) is 3.99. The molecule has 0 aliphatic heterocycles. The Morgan fingerprint density at radius 3 is 2.36 bits per heavy atom. The molecule has 0 aromatic carbocycles. The van der Waals surface area contributed by atoms with Crippen LogP contribution in [0.5, 0.6) is 0 Å². The summed E-state index contributed by atoms with van der Waals surface area (Å²) in [4.78, 5) is 35.9. The van der Waals surface area contributed by atoms with Gasteiger partial charge in [-0.05, 0) is 61.7 Å². The number of ether oxygens (including phenoxy) is 2. The van der Waals surface area contributed by atoms with Gasteiger partial charge in [0.15, 0.2) is 11.9 Å². The van der Waals surface area contributed by atoms with E-state index in [1.54, 1.807) is 0 Å². The number of hydrogen-bond donors (Lipinski definition) is 0. The maximum Gasteiger partial charge on any atom is 0.303 e. The highest BCUT2D eigenvalue weighted by atomic mass is 16.5. The van der Waals surface area contributed by atoms with Crippen LogP contribution in [-0.4, -0.2) is 29.9 Å². The van der Waals surface area contributed by atoms with Crippen molar-refractivity contribution in [1.82, 2.24) is 0 Å². The summed E-state index contributed by atoms with van der Waals surface area (Å²) in [6.07, 6.45) is 8.16. The third kappa shape index (κ3) is 2.93. The number of hydrogen-bond acceptors (Lipinski definition) is 5.